The summed E-state index contributed by atoms with van der Waals surface area (Å²) in [7, 11) is 0. The summed E-state index contributed by atoms with van der Waals surface area (Å²) in [6, 6.07) is 6.71. The Bertz CT molecular complexity index is 540. The van der Waals surface area contributed by atoms with Gasteiger partial charge in [0.05, 0.1) is 0 Å². The Labute approximate surface area is 141 Å². The van der Waals surface area contributed by atoms with E-state index in [1.54, 1.807) is 4.90 Å². The fourth-order valence-corrected chi connectivity index (χ4v) is 2.85. The number of amides is 1. The maximum Gasteiger partial charge on any atom is 0.410 e. The van der Waals surface area contributed by atoms with Crippen molar-refractivity contribution in [2.24, 2.45) is 0 Å². The van der Waals surface area contributed by atoms with E-state index in [0.717, 1.165) is 24.0 Å². The first kappa shape index (κ1) is 17.3. The number of ether oxygens (including phenoxy) is 1. The summed E-state index contributed by atoms with van der Waals surface area (Å²) in [5.41, 5.74) is 2.05. The molecule has 1 amide bonds. The molecule has 2 rings (SSSR count). The van der Waals surface area contributed by atoms with Gasteiger partial charge in [-0.1, -0.05) is 28.1 Å². The van der Waals surface area contributed by atoms with E-state index in [0.29, 0.717) is 12.6 Å². The van der Waals surface area contributed by atoms with Crippen LogP contribution in [0.2, 0.25) is 0 Å². The molecule has 0 aromatic heterocycles. The number of nitrogens with one attached hydrogen (secondary N) is 1. The molecule has 1 N–H and O–H groups in total. The maximum absolute atomic E-state index is 12.0. The highest BCUT2D eigenvalue weighted by atomic mass is 79.9. The fraction of sp³-hybridized carbons (Fsp3) is 0.588. The Morgan fingerprint density at radius 3 is 2.82 bits per heavy atom. The van der Waals surface area contributed by atoms with Gasteiger partial charge in [0.1, 0.15) is 5.60 Å². The van der Waals surface area contributed by atoms with Crippen LogP contribution in [0.25, 0.3) is 0 Å². The molecule has 1 aromatic rings. The number of halogens is 1. The molecule has 0 spiro atoms. The molecule has 0 bridgehead atoms. The summed E-state index contributed by atoms with van der Waals surface area (Å²) in [5.74, 6) is 0. The van der Waals surface area contributed by atoms with Crippen molar-refractivity contribution in [1.29, 1.82) is 0 Å². The number of rotatable bonds is 3. The first-order chi connectivity index (χ1) is 10.2. The topological polar surface area (TPSA) is 41.6 Å². The number of hydrogen-bond donors (Lipinski definition) is 1. The lowest BCUT2D eigenvalue weighted by atomic mass is 10.1. The third kappa shape index (κ3) is 4.99. The number of hydrogen-bond acceptors (Lipinski definition) is 3. The molecule has 4 nitrogen and oxygen atoms in total. The molecule has 122 valence electrons. The summed E-state index contributed by atoms with van der Waals surface area (Å²) < 4.78 is 6.55. The Hall–Kier alpha value is -1.07. The maximum atomic E-state index is 12.0. The van der Waals surface area contributed by atoms with Crippen molar-refractivity contribution < 1.29 is 9.53 Å². The normalized spacial score (nSPS) is 18.6. The number of likely N-dealkylation sites (tertiary alicyclic amines) is 1. The molecule has 0 aliphatic carbocycles. The van der Waals surface area contributed by atoms with Gasteiger partial charge in [0, 0.05) is 30.1 Å². The second-order valence-electron chi connectivity index (χ2n) is 6.88. The van der Waals surface area contributed by atoms with E-state index in [-0.39, 0.29) is 6.09 Å². The first-order valence-corrected chi connectivity index (χ1v) is 8.50. The molecule has 1 aliphatic rings. The second-order valence-corrected chi connectivity index (χ2v) is 7.73. The third-order valence-electron chi connectivity index (χ3n) is 3.67. The fourth-order valence-electron chi connectivity index (χ4n) is 2.43. The number of carbonyl (C=O) groups excluding carboxylic acids is 1. The molecular weight excluding hydrogens is 344 g/mol. The zero-order chi connectivity index (χ0) is 16.3. The van der Waals surface area contributed by atoms with Gasteiger partial charge in [0.15, 0.2) is 0 Å². The van der Waals surface area contributed by atoms with Crippen molar-refractivity contribution in [3.8, 4) is 0 Å². The largest absolute Gasteiger partial charge is 0.444 e. The van der Waals surface area contributed by atoms with Crippen LogP contribution >= 0.6 is 15.9 Å². The zero-order valence-electron chi connectivity index (χ0n) is 13.8. The van der Waals surface area contributed by atoms with Gasteiger partial charge in [-0.3, -0.25) is 0 Å². The third-order valence-corrected chi connectivity index (χ3v) is 4.53. The number of aryl methyl sites for hydroxylation is 1. The Morgan fingerprint density at radius 1 is 1.45 bits per heavy atom. The highest BCUT2D eigenvalue weighted by molar-refractivity contribution is 9.10. The molecule has 1 saturated heterocycles. The summed E-state index contributed by atoms with van der Waals surface area (Å²) in [4.78, 5) is 13.8. The van der Waals surface area contributed by atoms with Gasteiger partial charge in [-0.25, -0.2) is 4.79 Å². The SMILES string of the molecule is Cc1ccc(CNC2CCN(C(=O)OC(C)(C)C)C2)cc1Br. The minimum atomic E-state index is -0.434. The van der Waals surface area contributed by atoms with Crippen LogP contribution in [0.3, 0.4) is 0 Å². The van der Waals surface area contributed by atoms with Crippen molar-refractivity contribution >= 4 is 22.0 Å². The van der Waals surface area contributed by atoms with Crippen molar-refractivity contribution in [3.63, 3.8) is 0 Å². The number of benzene rings is 1. The van der Waals surface area contributed by atoms with Gasteiger partial charge >= 0.3 is 6.09 Å². The monoisotopic (exact) mass is 368 g/mol. The molecule has 1 heterocycles. The quantitative estimate of drug-likeness (QED) is 0.880. The van der Waals surface area contributed by atoms with Gasteiger partial charge in [0.2, 0.25) is 0 Å². The van der Waals surface area contributed by atoms with Crippen LogP contribution in [0, 0.1) is 6.92 Å². The van der Waals surface area contributed by atoms with E-state index in [2.05, 4.69) is 46.4 Å². The predicted molar refractivity (Wildman–Crippen MR) is 91.9 cm³/mol. The van der Waals surface area contributed by atoms with Gasteiger partial charge in [0.25, 0.3) is 0 Å². The van der Waals surface area contributed by atoms with Crippen LogP contribution in [0.1, 0.15) is 38.3 Å². The van der Waals surface area contributed by atoms with Gasteiger partial charge in [-0.05, 0) is 51.3 Å². The Balaban J connectivity index is 1.81. The van der Waals surface area contributed by atoms with Gasteiger partial charge < -0.3 is 15.0 Å². The van der Waals surface area contributed by atoms with Crippen LogP contribution in [0.5, 0.6) is 0 Å². The standard InChI is InChI=1S/C17H25BrN2O2/c1-12-5-6-13(9-15(12)18)10-19-14-7-8-20(11-14)16(21)22-17(2,3)4/h5-6,9,14,19H,7-8,10-11H2,1-4H3. The lowest BCUT2D eigenvalue weighted by Gasteiger charge is -2.24. The van der Waals surface area contributed by atoms with Crippen LogP contribution in [0.4, 0.5) is 4.79 Å². The summed E-state index contributed by atoms with van der Waals surface area (Å²) in [6.07, 6.45) is 0.751. The molecule has 1 aromatic carbocycles. The molecule has 0 saturated carbocycles. The molecular formula is C17H25BrN2O2. The van der Waals surface area contributed by atoms with Crippen molar-refractivity contribution in [2.75, 3.05) is 13.1 Å². The van der Waals surface area contributed by atoms with Gasteiger partial charge in [-0.2, -0.15) is 0 Å². The van der Waals surface area contributed by atoms with E-state index in [1.807, 2.05) is 20.8 Å². The minimum Gasteiger partial charge on any atom is -0.444 e. The van der Waals surface area contributed by atoms with Crippen LogP contribution in [-0.4, -0.2) is 35.7 Å². The van der Waals surface area contributed by atoms with E-state index in [1.165, 1.54) is 11.1 Å². The summed E-state index contributed by atoms with van der Waals surface area (Å²) in [6.45, 7) is 10.0. The van der Waals surface area contributed by atoms with Crippen LogP contribution in [0.15, 0.2) is 22.7 Å². The number of carbonyl (C=O) groups is 1. The molecule has 5 heteroatoms. The smallest absolute Gasteiger partial charge is 0.410 e. The molecule has 1 aliphatic heterocycles. The Morgan fingerprint density at radius 2 is 2.18 bits per heavy atom. The lowest BCUT2D eigenvalue weighted by Crippen LogP contribution is -2.38. The average molecular weight is 369 g/mol. The molecule has 0 radical (unpaired) electrons. The van der Waals surface area contributed by atoms with E-state index in [9.17, 15) is 4.79 Å². The first-order valence-electron chi connectivity index (χ1n) is 7.71. The van der Waals surface area contributed by atoms with Crippen LogP contribution < -0.4 is 5.32 Å². The molecule has 1 fully saturated rings. The van der Waals surface area contributed by atoms with Crippen molar-refractivity contribution in [2.45, 2.75) is 52.3 Å². The van der Waals surface area contributed by atoms with Gasteiger partial charge in [-0.15, -0.1) is 0 Å². The summed E-state index contributed by atoms with van der Waals surface area (Å²) >= 11 is 3.56. The Kier molecular flexibility index (Phi) is 5.50. The van der Waals surface area contributed by atoms with E-state index >= 15 is 0 Å². The lowest BCUT2D eigenvalue weighted by molar-refractivity contribution is 0.0291. The summed E-state index contributed by atoms with van der Waals surface area (Å²) in [5, 5.41) is 3.52. The molecule has 1 unspecified atom stereocenters. The number of nitrogens with zero attached hydrogens (tertiary/aromatic N) is 1. The highest BCUT2D eigenvalue weighted by Crippen LogP contribution is 2.19. The van der Waals surface area contributed by atoms with Crippen molar-refractivity contribution in [1.82, 2.24) is 10.2 Å². The molecule has 1 atom stereocenters. The van der Waals surface area contributed by atoms with Crippen LogP contribution in [-0.2, 0) is 11.3 Å². The van der Waals surface area contributed by atoms with E-state index < -0.39 is 5.60 Å². The van der Waals surface area contributed by atoms with E-state index in [4.69, 9.17) is 4.74 Å². The molecule has 22 heavy (non-hydrogen) atoms. The zero-order valence-corrected chi connectivity index (χ0v) is 15.4. The second kappa shape index (κ2) is 7.01. The van der Waals surface area contributed by atoms with Crippen molar-refractivity contribution in [3.05, 3.63) is 33.8 Å². The average Bonchev–Trinajstić information content (AvgIpc) is 2.87. The highest BCUT2D eigenvalue weighted by Gasteiger charge is 2.29. The minimum absolute atomic E-state index is 0.213. The predicted octanol–water partition coefficient (Wildman–Crippen LogP) is 3.86.